The fourth-order valence-corrected chi connectivity index (χ4v) is 2.14. The zero-order chi connectivity index (χ0) is 13.3. The highest BCUT2D eigenvalue weighted by Crippen LogP contribution is 2.40. The van der Waals surface area contributed by atoms with Crippen LogP contribution in [0.1, 0.15) is 29.8 Å². The Morgan fingerprint density at radius 3 is 2.33 bits per heavy atom. The summed E-state index contributed by atoms with van der Waals surface area (Å²) < 4.78 is 0. The number of hydrogen-bond donors (Lipinski definition) is 0. The fourth-order valence-electron chi connectivity index (χ4n) is 2.14. The quantitative estimate of drug-likeness (QED) is 0.392. The van der Waals surface area contributed by atoms with Gasteiger partial charge in [0.15, 0.2) is 5.78 Å². The summed E-state index contributed by atoms with van der Waals surface area (Å²) in [6.07, 6.45) is 0. The number of carbonyl (C=O) groups excluding carboxylic acids is 1. The van der Waals surface area contributed by atoms with Gasteiger partial charge in [0.2, 0.25) is 0 Å². The van der Waals surface area contributed by atoms with Crippen LogP contribution in [0.2, 0.25) is 0 Å². The molecule has 3 heteroatoms. The van der Waals surface area contributed by atoms with Gasteiger partial charge in [-0.1, -0.05) is 29.8 Å². The third-order valence-corrected chi connectivity index (χ3v) is 2.87. The minimum absolute atomic E-state index is 0.0236. The van der Waals surface area contributed by atoms with E-state index in [4.69, 9.17) is 11.8 Å². The van der Waals surface area contributed by atoms with E-state index in [9.17, 15) is 4.79 Å². The van der Waals surface area contributed by atoms with E-state index in [1.54, 1.807) is 24.3 Å². The number of fused-ring (bicyclic) bond motifs is 1. The topological polar surface area (TPSA) is 45.2 Å². The van der Waals surface area contributed by atoms with Crippen molar-refractivity contribution in [2.75, 3.05) is 0 Å². The molecule has 1 aliphatic rings. The molecule has 0 N–H and O–H groups in total. The highest BCUT2D eigenvalue weighted by Gasteiger charge is 2.32. The first-order chi connectivity index (χ1) is 8.61. The van der Waals surface area contributed by atoms with Crippen LogP contribution in [0.25, 0.3) is 10.4 Å². The zero-order valence-corrected chi connectivity index (χ0v) is 10.1. The van der Waals surface area contributed by atoms with Crippen LogP contribution < -0.4 is 0 Å². The average molecular weight is 234 g/mol. The molecule has 1 aliphatic carbocycles. The van der Waals surface area contributed by atoms with E-state index in [2.05, 4.69) is 4.85 Å². The molecule has 0 saturated heterocycles. The fraction of sp³-hybridized carbons (Fsp3) is 0.133. The lowest BCUT2D eigenvalue weighted by atomic mass is 10.00. The Morgan fingerprint density at radius 1 is 1.22 bits per heavy atom. The molecule has 1 aromatic carbocycles. The standard InChI is InChI=1S/C15H10N2O/c1-9(2)13-14(12(8-16)17-3)10-6-4-5-7-11(10)15(13)18/h4-7H,1-2H3/b14-12-. The van der Waals surface area contributed by atoms with Crippen molar-refractivity contribution in [3.8, 4) is 6.07 Å². The maximum absolute atomic E-state index is 12.3. The van der Waals surface area contributed by atoms with Crippen molar-refractivity contribution in [1.29, 1.82) is 5.26 Å². The molecule has 0 atom stereocenters. The minimum atomic E-state index is -0.1000. The van der Waals surface area contributed by atoms with Crippen LogP contribution >= 0.6 is 0 Å². The molecule has 0 fully saturated rings. The molecule has 86 valence electrons. The van der Waals surface area contributed by atoms with Crippen LogP contribution in [-0.2, 0) is 0 Å². The summed E-state index contributed by atoms with van der Waals surface area (Å²) in [6.45, 7) is 10.7. The van der Waals surface area contributed by atoms with Gasteiger partial charge in [-0.2, -0.15) is 0 Å². The molecule has 0 aliphatic heterocycles. The van der Waals surface area contributed by atoms with Gasteiger partial charge in [-0.25, -0.2) is 10.1 Å². The largest absolute Gasteiger partial charge is 0.289 e. The van der Waals surface area contributed by atoms with E-state index < -0.39 is 0 Å². The molecular formula is C15H10N2O. The van der Waals surface area contributed by atoms with Gasteiger partial charge in [0.25, 0.3) is 5.70 Å². The van der Waals surface area contributed by atoms with Gasteiger partial charge in [-0.05, 0) is 19.4 Å². The van der Waals surface area contributed by atoms with Crippen LogP contribution in [0, 0.1) is 17.9 Å². The molecule has 3 nitrogen and oxygen atoms in total. The highest BCUT2D eigenvalue weighted by atomic mass is 16.1. The SMILES string of the molecule is [C-]#[N+]/C(C#N)=C1\C(=C(C)C)C(=O)c2ccccc21. The van der Waals surface area contributed by atoms with Crippen molar-refractivity contribution in [3.05, 3.63) is 63.7 Å². The van der Waals surface area contributed by atoms with Crippen molar-refractivity contribution in [2.45, 2.75) is 13.8 Å². The van der Waals surface area contributed by atoms with Crippen LogP contribution in [0.5, 0.6) is 0 Å². The molecular weight excluding hydrogens is 224 g/mol. The number of ketones is 1. The summed E-state index contributed by atoms with van der Waals surface area (Å²) in [4.78, 5) is 15.5. The maximum atomic E-state index is 12.3. The van der Waals surface area contributed by atoms with Crippen molar-refractivity contribution in [3.63, 3.8) is 0 Å². The normalized spacial score (nSPS) is 15.8. The van der Waals surface area contributed by atoms with E-state index in [1.807, 2.05) is 19.9 Å². The lowest BCUT2D eigenvalue weighted by Crippen LogP contribution is -1.97. The van der Waals surface area contributed by atoms with Gasteiger partial charge in [0, 0.05) is 16.7 Å². The third-order valence-electron chi connectivity index (χ3n) is 2.87. The smallest absolute Gasteiger partial charge is 0.270 e. The Bertz CT molecular complexity index is 674. The summed E-state index contributed by atoms with van der Waals surface area (Å²) in [6, 6.07) is 8.98. The number of allylic oxidation sites excluding steroid dienone is 4. The molecule has 0 saturated carbocycles. The number of benzene rings is 1. The molecule has 0 radical (unpaired) electrons. The van der Waals surface area contributed by atoms with E-state index in [0.29, 0.717) is 22.3 Å². The maximum Gasteiger partial charge on any atom is 0.270 e. The Labute approximate surface area is 105 Å². The molecule has 0 aromatic heterocycles. The Kier molecular flexibility index (Phi) is 2.83. The van der Waals surface area contributed by atoms with Crippen molar-refractivity contribution < 1.29 is 4.79 Å². The number of Topliss-reactive ketones (excluding diaryl/α,β-unsaturated/α-hetero) is 1. The number of nitrogens with zero attached hydrogens (tertiary/aromatic N) is 2. The summed E-state index contributed by atoms with van der Waals surface area (Å²) in [5.74, 6) is -0.1000. The Morgan fingerprint density at radius 2 is 1.83 bits per heavy atom. The van der Waals surface area contributed by atoms with Crippen LogP contribution in [0.4, 0.5) is 0 Å². The van der Waals surface area contributed by atoms with Crippen molar-refractivity contribution >= 4 is 11.4 Å². The first-order valence-electron chi connectivity index (χ1n) is 5.45. The number of rotatable bonds is 0. The van der Waals surface area contributed by atoms with Gasteiger partial charge in [-0.15, -0.1) is 0 Å². The third kappa shape index (κ3) is 1.54. The van der Waals surface area contributed by atoms with Crippen molar-refractivity contribution in [2.24, 2.45) is 0 Å². The van der Waals surface area contributed by atoms with Crippen LogP contribution in [0.15, 0.2) is 41.1 Å². The second-order valence-corrected chi connectivity index (χ2v) is 4.20. The monoisotopic (exact) mass is 234 g/mol. The van der Waals surface area contributed by atoms with E-state index in [-0.39, 0.29) is 11.5 Å². The molecule has 1 aromatic rings. The van der Waals surface area contributed by atoms with E-state index in [0.717, 1.165) is 5.57 Å². The van der Waals surface area contributed by atoms with E-state index in [1.165, 1.54) is 0 Å². The average Bonchev–Trinajstić information content (AvgIpc) is 2.66. The molecule has 2 rings (SSSR count). The molecule has 0 heterocycles. The summed E-state index contributed by atoms with van der Waals surface area (Å²) >= 11 is 0. The molecule has 0 bridgehead atoms. The first kappa shape index (κ1) is 11.8. The second-order valence-electron chi connectivity index (χ2n) is 4.20. The van der Waals surface area contributed by atoms with Crippen LogP contribution in [-0.4, -0.2) is 5.78 Å². The lowest BCUT2D eigenvalue weighted by Gasteiger charge is -2.03. The molecule has 18 heavy (non-hydrogen) atoms. The molecule has 0 amide bonds. The van der Waals surface area contributed by atoms with Crippen LogP contribution in [0.3, 0.4) is 0 Å². The minimum Gasteiger partial charge on any atom is -0.289 e. The number of nitriles is 1. The predicted molar refractivity (Wildman–Crippen MR) is 68.3 cm³/mol. The molecule has 0 spiro atoms. The van der Waals surface area contributed by atoms with E-state index >= 15 is 0 Å². The Hall–Kier alpha value is -2.65. The lowest BCUT2D eigenvalue weighted by molar-refractivity contribution is 0.104. The first-order valence-corrected chi connectivity index (χ1v) is 5.45. The summed E-state index contributed by atoms with van der Waals surface area (Å²) in [5.41, 5.74) is 3.02. The highest BCUT2D eigenvalue weighted by molar-refractivity contribution is 6.27. The zero-order valence-electron chi connectivity index (χ0n) is 10.1. The summed E-state index contributed by atoms with van der Waals surface area (Å²) in [5, 5.41) is 9.04. The number of carbonyl (C=O) groups is 1. The van der Waals surface area contributed by atoms with Gasteiger partial charge >= 0.3 is 0 Å². The van der Waals surface area contributed by atoms with Gasteiger partial charge in [0.1, 0.15) is 0 Å². The van der Waals surface area contributed by atoms with Gasteiger partial charge in [0.05, 0.1) is 12.6 Å². The van der Waals surface area contributed by atoms with Crippen molar-refractivity contribution in [1.82, 2.24) is 0 Å². The van der Waals surface area contributed by atoms with Gasteiger partial charge < -0.3 is 0 Å². The number of hydrogen-bond acceptors (Lipinski definition) is 2. The summed E-state index contributed by atoms with van der Waals surface area (Å²) in [7, 11) is 0. The Balaban J connectivity index is 2.92. The predicted octanol–water partition coefficient (Wildman–Crippen LogP) is 3.37. The van der Waals surface area contributed by atoms with Gasteiger partial charge in [-0.3, -0.25) is 4.79 Å². The second kappa shape index (κ2) is 4.31. The molecule has 0 unspecified atom stereocenters.